The van der Waals surface area contributed by atoms with Crippen molar-refractivity contribution in [3.63, 3.8) is 0 Å². The number of para-hydroxylation sites is 1. The van der Waals surface area contributed by atoms with Crippen LogP contribution in [0.4, 0.5) is 0 Å². The zero-order valence-corrected chi connectivity index (χ0v) is 11.6. The molecule has 0 saturated heterocycles. The van der Waals surface area contributed by atoms with Crippen molar-refractivity contribution in [2.24, 2.45) is 4.99 Å². The Kier molecular flexibility index (Phi) is 4.35. The number of hydrogen-bond acceptors (Lipinski definition) is 2. The fraction of sp³-hybridized carbons (Fsp3) is 0.235. The smallest absolute Gasteiger partial charge is 0.127 e. The number of ether oxygens (including phenoxy) is 1. The van der Waals surface area contributed by atoms with Crippen molar-refractivity contribution in [1.29, 1.82) is 0 Å². The minimum absolute atomic E-state index is 0.145. The molecule has 0 spiro atoms. The van der Waals surface area contributed by atoms with Crippen molar-refractivity contribution < 1.29 is 4.74 Å². The molecule has 19 heavy (non-hydrogen) atoms. The van der Waals surface area contributed by atoms with Crippen LogP contribution in [-0.4, -0.2) is 12.8 Å². The van der Waals surface area contributed by atoms with E-state index in [-0.39, 0.29) is 6.04 Å². The first-order chi connectivity index (χ1) is 9.22. The second kappa shape index (κ2) is 6.19. The summed E-state index contributed by atoms with van der Waals surface area (Å²) in [5.74, 6) is 0.865. The lowest BCUT2D eigenvalue weighted by molar-refractivity contribution is 0.414. The predicted octanol–water partition coefficient (Wildman–Crippen LogP) is 4.27. The molecule has 0 aliphatic heterocycles. The van der Waals surface area contributed by atoms with E-state index in [0.717, 1.165) is 17.0 Å². The molecule has 0 aromatic heterocycles. The van der Waals surface area contributed by atoms with Crippen LogP contribution in [0, 0.1) is 0 Å². The van der Waals surface area contributed by atoms with E-state index in [0.29, 0.717) is 0 Å². The molecule has 2 aromatic carbocycles. The topological polar surface area (TPSA) is 21.6 Å². The predicted molar refractivity (Wildman–Crippen MR) is 80.1 cm³/mol. The number of hydrogen-bond donors (Lipinski definition) is 0. The summed E-state index contributed by atoms with van der Waals surface area (Å²) in [4.78, 5) is 4.76. The fourth-order valence-corrected chi connectivity index (χ4v) is 2.11. The molecular weight excluding hydrogens is 234 g/mol. The number of nitrogens with zero attached hydrogens (tertiary/aromatic N) is 1. The standard InChI is InChI=1S/C17H19NO/c1-13(15-9-5-4-6-10-15)18-14(2)16-11-7-8-12-17(16)19-3/h4-13H,1-3H3/t13-/m1/s1. The van der Waals surface area contributed by atoms with Crippen molar-refractivity contribution in [1.82, 2.24) is 0 Å². The van der Waals surface area contributed by atoms with Gasteiger partial charge < -0.3 is 4.74 Å². The monoisotopic (exact) mass is 253 g/mol. The molecule has 0 saturated carbocycles. The van der Waals surface area contributed by atoms with Gasteiger partial charge in [0.25, 0.3) is 0 Å². The van der Waals surface area contributed by atoms with Crippen molar-refractivity contribution >= 4 is 5.71 Å². The lowest BCUT2D eigenvalue weighted by Crippen LogP contribution is -2.01. The Bertz CT molecular complexity index is 560. The van der Waals surface area contributed by atoms with Gasteiger partial charge in [-0.3, -0.25) is 4.99 Å². The van der Waals surface area contributed by atoms with E-state index >= 15 is 0 Å². The van der Waals surface area contributed by atoms with E-state index < -0.39 is 0 Å². The molecule has 1 atom stereocenters. The minimum atomic E-state index is 0.145. The molecule has 2 nitrogen and oxygen atoms in total. The maximum Gasteiger partial charge on any atom is 0.127 e. The molecule has 0 fully saturated rings. The van der Waals surface area contributed by atoms with E-state index in [1.54, 1.807) is 7.11 Å². The van der Waals surface area contributed by atoms with Crippen molar-refractivity contribution in [2.75, 3.05) is 7.11 Å². The van der Waals surface area contributed by atoms with Crippen LogP contribution in [0.3, 0.4) is 0 Å². The highest BCUT2D eigenvalue weighted by molar-refractivity contribution is 6.01. The molecule has 0 N–H and O–H groups in total. The summed E-state index contributed by atoms with van der Waals surface area (Å²) in [6.07, 6.45) is 0. The molecule has 0 bridgehead atoms. The summed E-state index contributed by atoms with van der Waals surface area (Å²) >= 11 is 0. The highest BCUT2D eigenvalue weighted by atomic mass is 16.5. The highest BCUT2D eigenvalue weighted by Gasteiger charge is 2.08. The average molecular weight is 253 g/mol. The van der Waals surface area contributed by atoms with E-state index in [2.05, 4.69) is 19.1 Å². The quantitative estimate of drug-likeness (QED) is 0.746. The first-order valence-electron chi connectivity index (χ1n) is 6.45. The van der Waals surface area contributed by atoms with Crippen LogP contribution >= 0.6 is 0 Å². The normalized spacial score (nSPS) is 13.1. The van der Waals surface area contributed by atoms with Crippen LogP contribution < -0.4 is 4.74 Å². The van der Waals surface area contributed by atoms with Gasteiger partial charge in [0.15, 0.2) is 0 Å². The van der Waals surface area contributed by atoms with Gasteiger partial charge in [0.1, 0.15) is 5.75 Å². The minimum Gasteiger partial charge on any atom is -0.496 e. The Labute approximate surface area is 114 Å². The van der Waals surface area contributed by atoms with Gasteiger partial charge in [-0.25, -0.2) is 0 Å². The Balaban J connectivity index is 2.28. The molecule has 2 rings (SSSR count). The van der Waals surface area contributed by atoms with E-state index in [1.165, 1.54) is 5.56 Å². The number of benzene rings is 2. The van der Waals surface area contributed by atoms with Crippen molar-refractivity contribution in [3.8, 4) is 5.75 Å². The van der Waals surface area contributed by atoms with Gasteiger partial charge in [0.05, 0.1) is 13.2 Å². The first-order valence-corrected chi connectivity index (χ1v) is 6.45. The molecule has 0 unspecified atom stereocenters. The van der Waals surface area contributed by atoms with E-state index in [9.17, 15) is 0 Å². The number of rotatable bonds is 4. The zero-order chi connectivity index (χ0) is 13.7. The van der Waals surface area contributed by atoms with Crippen LogP contribution in [0.15, 0.2) is 59.6 Å². The fourth-order valence-electron chi connectivity index (χ4n) is 2.11. The first kappa shape index (κ1) is 13.3. The van der Waals surface area contributed by atoms with Crippen LogP contribution in [0.25, 0.3) is 0 Å². The van der Waals surface area contributed by atoms with Gasteiger partial charge >= 0.3 is 0 Å². The summed E-state index contributed by atoms with van der Waals surface area (Å²) in [5.41, 5.74) is 3.26. The molecule has 0 aliphatic carbocycles. The second-order valence-corrected chi connectivity index (χ2v) is 4.50. The number of aliphatic imine (C=N–C) groups is 1. The molecule has 98 valence electrons. The summed E-state index contributed by atoms with van der Waals surface area (Å²) in [6.45, 7) is 4.13. The van der Waals surface area contributed by atoms with Gasteiger partial charge in [0, 0.05) is 11.3 Å². The summed E-state index contributed by atoms with van der Waals surface area (Å²) in [5, 5.41) is 0. The molecule has 2 heteroatoms. The largest absolute Gasteiger partial charge is 0.496 e. The Morgan fingerprint density at radius 1 is 1.00 bits per heavy atom. The Hall–Kier alpha value is -2.09. The summed E-state index contributed by atoms with van der Waals surface area (Å²) in [7, 11) is 1.69. The molecular formula is C17H19NO. The molecule has 0 aliphatic rings. The summed E-state index contributed by atoms with van der Waals surface area (Å²) < 4.78 is 5.37. The third-order valence-electron chi connectivity index (χ3n) is 3.17. The zero-order valence-electron chi connectivity index (χ0n) is 11.6. The Morgan fingerprint density at radius 2 is 1.63 bits per heavy atom. The molecule has 0 amide bonds. The maximum absolute atomic E-state index is 5.37. The SMILES string of the molecule is COc1ccccc1C(C)=N[C@H](C)c1ccccc1. The second-order valence-electron chi connectivity index (χ2n) is 4.50. The molecule has 0 heterocycles. The Morgan fingerprint density at radius 3 is 2.32 bits per heavy atom. The van der Waals surface area contributed by atoms with Gasteiger partial charge in [-0.05, 0) is 31.5 Å². The van der Waals surface area contributed by atoms with Gasteiger partial charge in [-0.15, -0.1) is 0 Å². The highest BCUT2D eigenvalue weighted by Crippen LogP contribution is 2.22. The van der Waals surface area contributed by atoms with Crippen molar-refractivity contribution in [2.45, 2.75) is 19.9 Å². The third kappa shape index (κ3) is 3.22. The van der Waals surface area contributed by atoms with Crippen LogP contribution in [-0.2, 0) is 0 Å². The van der Waals surface area contributed by atoms with E-state index in [4.69, 9.17) is 9.73 Å². The third-order valence-corrected chi connectivity index (χ3v) is 3.17. The van der Waals surface area contributed by atoms with Gasteiger partial charge in [0.2, 0.25) is 0 Å². The lowest BCUT2D eigenvalue weighted by Gasteiger charge is -2.11. The lowest BCUT2D eigenvalue weighted by atomic mass is 10.1. The average Bonchev–Trinajstić information content (AvgIpc) is 2.48. The van der Waals surface area contributed by atoms with Crippen LogP contribution in [0.5, 0.6) is 5.75 Å². The molecule has 0 radical (unpaired) electrons. The van der Waals surface area contributed by atoms with Crippen LogP contribution in [0.1, 0.15) is 31.0 Å². The van der Waals surface area contributed by atoms with Gasteiger partial charge in [-0.1, -0.05) is 42.5 Å². The summed E-state index contributed by atoms with van der Waals surface area (Å²) in [6, 6.07) is 18.4. The van der Waals surface area contributed by atoms with E-state index in [1.807, 2.05) is 49.4 Å². The number of methoxy groups -OCH3 is 1. The maximum atomic E-state index is 5.37. The molecule has 2 aromatic rings. The van der Waals surface area contributed by atoms with Gasteiger partial charge in [-0.2, -0.15) is 0 Å². The van der Waals surface area contributed by atoms with Crippen LogP contribution in [0.2, 0.25) is 0 Å². The van der Waals surface area contributed by atoms with Crippen molar-refractivity contribution in [3.05, 3.63) is 65.7 Å².